The van der Waals surface area contributed by atoms with Crippen LogP contribution in [0.25, 0.3) is 0 Å². The highest BCUT2D eigenvalue weighted by atomic mass is 16.5. The van der Waals surface area contributed by atoms with E-state index >= 15 is 0 Å². The molecule has 2 amide bonds. The highest BCUT2D eigenvalue weighted by molar-refractivity contribution is 5.76. The van der Waals surface area contributed by atoms with Crippen LogP contribution in [0.5, 0.6) is 5.75 Å². The Morgan fingerprint density at radius 3 is 2.71 bits per heavy atom. The quantitative estimate of drug-likeness (QED) is 0.610. The van der Waals surface area contributed by atoms with E-state index < -0.39 is 5.54 Å². The zero-order valence-electron chi connectivity index (χ0n) is 18.3. The molecule has 0 aliphatic carbocycles. The summed E-state index contributed by atoms with van der Waals surface area (Å²) >= 11 is 0. The number of rotatable bonds is 6. The van der Waals surface area contributed by atoms with Crippen LogP contribution in [0.15, 0.2) is 30.5 Å². The maximum Gasteiger partial charge on any atom is 0.332 e. The lowest BCUT2D eigenvalue weighted by Gasteiger charge is -2.32. The van der Waals surface area contributed by atoms with E-state index in [0.717, 1.165) is 48.6 Å². The van der Waals surface area contributed by atoms with E-state index in [2.05, 4.69) is 21.2 Å². The Balaban J connectivity index is 1.35. The lowest BCUT2D eigenvalue weighted by molar-refractivity contribution is 0.0903. The van der Waals surface area contributed by atoms with Crippen molar-refractivity contribution in [3.05, 3.63) is 47.3 Å². The van der Waals surface area contributed by atoms with Crippen molar-refractivity contribution >= 4 is 12.0 Å². The first-order valence-corrected chi connectivity index (χ1v) is 10.6. The number of amides is 2. The van der Waals surface area contributed by atoms with Crippen molar-refractivity contribution < 1.29 is 14.3 Å². The van der Waals surface area contributed by atoms with Crippen LogP contribution >= 0.6 is 0 Å². The van der Waals surface area contributed by atoms with Gasteiger partial charge >= 0.3 is 6.03 Å². The topological polar surface area (TPSA) is 101 Å². The second kappa shape index (κ2) is 9.07. The van der Waals surface area contributed by atoms with Crippen LogP contribution in [-0.2, 0) is 23.4 Å². The van der Waals surface area contributed by atoms with Crippen molar-refractivity contribution in [1.82, 2.24) is 25.7 Å². The van der Waals surface area contributed by atoms with Crippen molar-refractivity contribution in [2.75, 3.05) is 25.6 Å². The third kappa shape index (κ3) is 4.72. The van der Waals surface area contributed by atoms with Crippen LogP contribution in [0, 0.1) is 0 Å². The summed E-state index contributed by atoms with van der Waals surface area (Å²) in [6, 6.07) is 7.82. The number of hydrogen-bond acceptors (Lipinski definition) is 7. The van der Waals surface area contributed by atoms with Crippen molar-refractivity contribution in [2.24, 2.45) is 0 Å². The summed E-state index contributed by atoms with van der Waals surface area (Å²) in [4.78, 5) is 23.9. The monoisotopic (exact) mass is 426 g/mol. The van der Waals surface area contributed by atoms with E-state index in [0.29, 0.717) is 25.1 Å². The zero-order chi connectivity index (χ0) is 21.8. The van der Waals surface area contributed by atoms with E-state index in [1.165, 1.54) is 0 Å². The summed E-state index contributed by atoms with van der Waals surface area (Å²) in [7, 11) is 1.64. The maximum absolute atomic E-state index is 12.9. The lowest BCUT2D eigenvalue weighted by Crippen LogP contribution is -2.50. The zero-order valence-corrected chi connectivity index (χ0v) is 18.3. The molecule has 2 aliphatic rings. The third-order valence-electron chi connectivity index (χ3n) is 5.96. The number of hydrazine groups is 1. The Labute approximate surface area is 182 Å². The van der Waals surface area contributed by atoms with E-state index in [9.17, 15) is 4.79 Å². The number of ether oxygens (including phenoxy) is 2. The Morgan fingerprint density at radius 2 is 2.00 bits per heavy atom. The van der Waals surface area contributed by atoms with E-state index in [4.69, 9.17) is 14.5 Å². The van der Waals surface area contributed by atoms with Gasteiger partial charge in [0.2, 0.25) is 5.95 Å². The number of carbonyl (C=O) groups is 1. The Bertz CT molecular complexity index is 912. The molecule has 31 heavy (non-hydrogen) atoms. The number of hydrogen-bond donors (Lipinski definition) is 3. The van der Waals surface area contributed by atoms with Gasteiger partial charge in [0, 0.05) is 37.6 Å². The van der Waals surface area contributed by atoms with Crippen LogP contribution in [-0.4, -0.2) is 47.3 Å². The number of benzene rings is 1. The number of aromatic nitrogens is 2. The van der Waals surface area contributed by atoms with Crippen molar-refractivity contribution in [3.8, 4) is 5.75 Å². The highest BCUT2D eigenvalue weighted by Gasteiger charge is 2.41. The third-order valence-corrected chi connectivity index (χ3v) is 5.96. The first-order chi connectivity index (χ1) is 15.0. The molecule has 1 saturated heterocycles. The van der Waals surface area contributed by atoms with Gasteiger partial charge in [-0.2, -0.15) is 0 Å². The molecule has 0 atom stereocenters. The molecule has 0 radical (unpaired) electrons. The predicted molar refractivity (Wildman–Crippen MR) is 116 cm³/mol. The molecule has 2 aromatic rings. The Hall–Kier alpha value is -2.91. The van der Waals surface area contributed by atoms with Gasteiger partial charge in [0.15, 0.2) is 0 Å². The molecular weight excluding hydrogens is 396 g/mol. The van der Waals surface area contributed by atoms with Gasteiger partial charge in [-0.25, -0.2) is 20.2 Å². The average molecular weight is 427 g/mol. The molecule has 1 aromatic heterocycles. The van der Waals surface area contributed by atoms with Crippen LogP contribution in [0.4, 0.5) is 10.7 Å². The summed E-state index contributed by atoms with van der Waals surface area (Å²) in [6.07, 6.45) is 3.72. The normalized spacial score (nSPS) is 17.8. The Kier molecular flexibility index (Phi) is 6.24. The Morgan fingerprint density at radius 1 is 1.26 bits per heavy atom. The molecule has 0 unspecified atom stereocenters. The van der Waals surface area contributed by atoms with Crippen molar-refractivity contribution in [1.29, 1.82) is 0 Å². The molecule has 9 heteroatoms. The smallest absolute Gasteiger partial charge is 0.332 e. The second-order valence-corrected chi connectivity index (χ2v) is 8.36. The fraction of sp³-hybridized carbons (Fsp3) is 0.500. The first kappa shape index (κ1) is 21.3. The minimum atomic E-state index is -0.502. The standard InChI is InChI=1S/C22H30N6O3/c1-22(2)18-13-23-20(25-16-8-10-31-11-9-16)26-19(18)14-28(22)21(29)27-24-12-15-4-6-17(30-3)7-5-15/h4-7,13,16,24H,8-12,14H2,1-3H3,(H,27,29)(H,23,25,26). The van der Waals surface area contributed by atoms with Gasteiger partial charge < -0.3 is 19.7 Å². The number of urea groups is 1. The summed E-state index contributed by atoms with van der Waals surface area (Å²) in [5.41, 5.74) is 8.19. The van der Waals surface area contributed by atoms with Gasteiger partial charge in [-0.1, -0.05) is 12.1 Å². The van der Waals surface area contributed by atoms with E-state index in [1.807, 2.05) is 44.3 Å². The van der Waals surface area contributed by atoms with Gasteiger partial charge in [-0.05, 0) is 44.4 Å². The molecule has 0 spiro atoms. The highest BCUT2D eigenvalue weighted by Crippen LogP contribution is 2.37. The van der Waals surface area contributed by atoms with Crippen LogP contribution in [0.2, 0.25) is 0 Å². The number of anilines is 1. The van der Waals surface area contributed by atoms with Crippen LogP contribution < -0.4 is 20.9 Å². The summed E-state index contributed by atoms with van der Waals surface area (Å²) < 4.78 is 10.6. The number of nitrogens with zero attached hydrogens (tertiary/aromatic N) is 3. The maximum atomic E-state index is 12.9. The molecule has 3 heterocycles. The van der Waals surface area contributed by atoms with Crippen molar-refractivity contribution in [2.45, 2.75) is 51.4 Å². The van der Waals surface area contributed by atoms with Crippen LogP contribution in [0.1, 0.15) is 43.5 Å². The predicted octanol–water partition coefficient (Wildman–Crippen LogP) is 2.54. The van der Waals surface area contributed by atoms with Gasteiger partial charge in [0.25, 0.3) is 0 Å². The van der Waals surface area contributed by atoms with E-state index in [1.54, 1.807) is 12.0 Å². The lowest BCUT2D eigenvalue weighted by atomic mass is 9.97. The molecule has 4 rings (SSSR count). The molecular formula is C22H30N6O3. The molecule has 166 valence electrons. The second-order valence-electron chi connectivity index (χ2n) is 8.36. The van der Waals surface area contributed by atoms with Crippen molar-refractivity contribution in [3.63, 3.8) is 0 Å². The van der Waals surface area contributed by atoms with E-state index in [-0.39, 0.29) is 6.03 Å². The largest absolute Gasteiger partial charge is 0.497 e. The van der Waals surface area contributed by atoms with Gasteiger partial charge in [-0.15, -0.1) is 0 Å². The first-order valence-electron chi connectivity index (χ1n) is 10.6. The number of nitrogens with one attached hydrogen (secondary N) is 3. The SMILES string of the molecule is COc1ccc(CNNC(=O)N2Cc3nc(NC4CCOCC4)ncc3C2(C)C)cc1. The average Bonchev–Trinajstić information content (AvgIpc) is 3.05. The fourth-order valence-corrected chi connectivity index (χ4v) is 3.99. The summed E-state index contributed by atoms with van der Waals surface area (Å²) in [5.74, 6) is 1.41. The number of fused-ring (bicyclic) bond motifs is 1. The summed E-state index contributed by atoms with van der Waals surface area (Å²) in [6.45, 7) is 6.48. The molecule has 0 saturated carbocycles. The molecule has 1 fully saturated rings. The molecule has 9 nitrogen and oxygen atoms in total. The van der Waals surface area contributed by atoms with Crippen LogP contribution in [0.3, 0.4) is 0 Å². The minimum absolute atomic E-state index is 0.199. The molecule has 1 aromatic carbocycles. The molecule has 2 aliphatic heterocycles. The number of carbonyl (C=O) groups excluding carboxylic acids is 1. The summed E-state index contributed by atoms with van der Waals surface area (Å²) in [5, 5.41) is 3.40. The van der Waals surface area contributed by atoms with Gasteiger partial charge in [0.1, 0.15) is 5.75 Å². The molecule has 3 N–H and O–H groups in total. The fourth-order valence-electron chi connectivity index (χ4n) is 3.99. The van der Waals surface area contributed by atoms with Gasteiger partial charge in [0.05, 0.1) is 24.9 Å². The minimum Gasteiger partial charge on any atom is -0.497 e. The number of methoxy groups -OCH3 is 1. The molecule has 0 bridgehead atoms. The van der Waals surface area contributed by atoms with Gasteiger partial charge in [-0.3, -0.25) is 5.43 Å².